The molecule has 0 unspecified atom stereocenters. The summed E-state index contributed by atoms with van der Waals surface area (Å²) in [5.41, 5.74) is 4.59. The van der Waals surface area contributed by atoms with Crippen molar-refractivity contribution in [2.45, 2.75) is 13.8 Å². The standard InChI is InChI=1S/C17H17N3O/c1-11-4-5-13(10-18)9-16(11)20-17(21)15-7-6-14(19-3)8-12(15)2/h4-9,19H,1-3H3,(H,20,21). The van der Waals surface area contributed by atoms with Crippen LogP contribution in [0.5, 0.6) is 0 Å². The second kappa shape index (κ2) is 6.10. The van der Waals surface area contributed by atoms with Gasteiger partial charge in [-0.05, 0) is 55.3 Å². The van der Waals surface area contributed by atoms with E-state index in [4.69, 9.17) is 5.26 Å². The number of nitriles is 1. The molecular weight excluding hydrogens is 262 g/mol. The molecule has 4 nitrogen and oxygen atoms in total. The molecule has 0 spiro atoms. The average molecular weight is 279 g/mol. The summed E-state index contributed by atoms with van der Waals surface area (Å²) in [6.45, 7) is 3.79. The van der Waals surface area contributed by atoms with Gasteiger partial charge in [0, 0.05) is 24.0 Å². The summed E-state index contributed by atoms with van der Waals surface area (Å²) in [6, 6.07) is 12.9. The lowest BCUT2D eigenvalue weighted by Gasteiger charge is -2.11. The summed E-state index contributed by atoms with van der Waals surface area (Å²) in [6.07, 6.45) is 0. The lowest BCUT2D eigenvalue weighted by Crippen LogP contribution is -2.14. The molecule has 0 heterocycles. The van der Waals surface area contributed by atoms with Crippen molar-refractivity contribution >= 4 is 17.3 Å². The highest BCUT2D eigenvalue weighted by atomic mass is 16.1. The van der Waals surface area contributed by atoms with Gasteiger partial charge in [-0.25, -0.2) is 0 Å². The highest BCUT2D eigenvalue weighted by molar-refractivity contribution is 6.05. The molecular formula is C17H17N3O. The van der Waals surface area contributed by atoms with Crippen molar-refractivity contribution in [1.29, 1.82) is 5.26 Å². The van der Waals surface area contributed by atoms with E-state index in [-0.39, 0.29) is 5.91 Å². The molecule has 1 amide bonds. The van der Waals surface area contributed by atoms with E-state index in [9.17, 15) is 4.79 Å². The largest absolute Gasteiger partial charge is 0.388 e. The Bertz CT molecular complexity index is 729. The molecule has 0 radical (unpaired) electrons. The van der Waals surface area contributed by atoms with Crippen molar-refractivity contribution < 1.29 is 4.79 Å². The number of carbonyl (C=O) groups is 1. The number of hydrogen-bond acceptors (Lipinski definition) is 3. The lowest BCUT2D eigenvalue weighted by molar-refractivity contribution is 0.102. The normalized spacial score (nSPS) is 9.81. The first-order valence-electron chi connectivity index (χ1n) is 6.65. The maximum atomic E-state index is 12.4. The van der Waals surface area contributed by atoms with Gasteiger partial charge in [0.25, 0.3) is 5.91 Å². The topological polar surface area (TPSA) is 64.9 Å². The number of nitrogens with one attached hydrogen (secondary N) is 2. The van der Waals surface area contributed by atoms with Crippen molar-refractivity contribution in [3.05, 3.63) is 58.7 Å². The quantitative estimate of drug-likeness (QED) is 0.904. The van der Waals surface area contributed by atoms with E-state index in [1.807, 2.05) is 39.1 Å². The number of benzene rings is 2. The molecule has 0 aliphatic rings. The number of aryl methyl sites for hydroxylation is 2. The molecule has 0 aromatic heterocycles. The first kappa shape index (κ1) is 14.6. The maximum absolute atomic E-state index is 12.4. The molecule has 2 rings (SSSR count). The molecule has 0 aliphatic heterocycles. The molecule has 0 fully saturated rings. The van der Waals surface area contributed by atoms with E-state index in [1.54, 1.807) is 18.2 Å². The molecule has 0 bridgehead atoms. The van der Waals surface area contributed by atoms with Crippen LogP contribution in [0.2, 0.25) is 0 Å². The zero-order chi connectivity index (χ0) is 15.4. The fourth-order valence-electron chi connectivity index (χ4n) is 2.09. The van der Waals surface area contributed by atoms with Gasteiger partial charge >= 0.3 is 0 Å². The van der Waals surface area contributed by atoms with Gasteiger partial charge < -0.3 is 10.6 Å². The van der Waals surface area contributed by atoms with Crippen molar-refractivity contribution in [1.82, 2.24) is 0 Å². The summed E-state index contributed by atoms with van der Waals surface area (Å²) in [5.74, 6) is -0.173. The van der Waals surface area contributed by atoms with Crippen LogP contribution < -0.4 is 10.6 Å². The second-order valence-electron chi connectivity index (χ2n) is 4.88. The number of anilines is 2. The van der Waals surface area contributed by atoms with Gasteiger partial charge in [-0.3, -0.25) is 4.79 Å². The van der Waals surface area contributed by atoms with Crippen molar-refractivity contribution in [2.75, 3.05) is 17.7 Å². The van der Waals surface area contributed by atoms with Gasteiger partial charge in [0.15, 0.2) is 0 Å². The Hall–Kier alpha value is -2.80. The minimum absolute atomic E-state index is 0.173. The molecule has 2 N–H and O–H groups in total. The summed E-state index contributed by atoms with van der Waals surface area (Å²) >= 11 is 0. The molecule has 106 valence electrons. The number of nitrogens with zero attached hydrogens (tertiary/aromatic N) is 1. The predicted octanol–water partition coefficient (Wildman–Crippen LogP) is 3.47. The maximum Gasteiger partial charge on any atom is 0.255 e. The van der Waals surface area contributed by atoms with Gasteiger partial charge in [0.1, 0.15) is 0 Å². The Morgan fingerprint density at radius 3 is 2.48 bits per heavy atom. The van der Waals surface area contributed by atoms with E-state index >= 15 is 0 Å². The lowest BCUT2D eigenvalue weighted by atomic mass is 10.1. The Morgan fingerprint density at radius 2 is 1.86 bits per heavy atom. The third kappa shape index (κ3) is 3.21. The first-order chi connectivity index (χ1) is 10.0. The van der Waals surface area contributed by atoms with Crippen LogP contribution >= 0.6 is 0 Å². The molecule has 0 atom stereocenters. The Balaban J connectivity index is 2.28. The van der Waals surface area contributed by atoms with E-state index < -0.39 is 0 Å². The monoisotopic (exact) mass is 279 g/mol. The summed E-state index contributed by atoms with van der Waals surface area (Å²) in [5, 5.41) is 14.8. The van der Waals surface area contributed by atoms with Gasteiger partial charge in [0.05, 0.1) is 11.6 Å². The van der Waals surface area contributed by atoms with Gasteiger partial charge in [-0.1, -0.05) is 6.07 Å². The Labute approximate surface area is 124 Å². The van der Waals surface area contributed by atoms with Crippen molar-refractivity contribution in [3.8, 4) is 6.07 Å². The third-order valence-corrected chi connectivity index (χ3v) is 3.37. The van der Waals surface area contributed by atoms with Crippen LogP contribution in [0.25, 0.3) is 0 Å². The molecule has 2 aromatic carbocycles. The number of amides is 1. The highest BCUT2D eigenvalue weighted by Gasteiger charge is 2.11. The number of carbonyl (C=O) groups excluding carboxylic acids is 1. The van der Waals surface area contributed by atoms with Crippen LogP contribution in [0.4, 0.5) is 11.4 Å². The zero-order valence-corrected chi connectivity index (χ0v) is 12.3. The second-order valence-corrected chi connectivity index (χ2v) is 4.88. The van der Waals surface area contributed by atoms with Gasteiger partial charge in [-0.15, -0.1) is 0 Å². The molecule has 0 saturated carbocycles. The molecule has 0 aliphatic carbocycles. The fraction of sp³-hybridized carbons (Fsp3) is 0.176. The van der Waals surface area contributed by atoms with Crippen LogP contribution in [0.15, 0.2) is 36.4 Å². The Kier molecular flexibility index (Phi) is 4.24. The molecule has 21 heavy (non-hydrogen) atoms. The fourth-order valence-corrected chi connectivity index (χ4v) is 2.09. The average Bonchev–Trinajstić information content (AvgIpc) is 2.49. The van der Waals surface area contributed by atoms with E-state index in [0.29, 0.717) is 16.8 Å². The van der Waals surface area contributed by atoms with Gasteiger partial charge in [0.2, 0.25) is 0 Å². The Morgan fingerprint density at radius 1 is 1.10 bits per heavy atom. The number of rotatable bonds is 3. The van der Waals surface area contributed by atoms with Crippen molar-refractivity contribution in [2.24, 2.45) is 0 Å². The van der Waals surface area contributed by atoms with E-state index in [1.165, 1.54) is 0 Å². The number of hydrogen-bond donors (Lipinski definition) is 2. The highest BCUT2D eigenvalue weighted by Crippen LogP contribution is 2.20. The summed E-state index contributed by atoms with van der Waals surface area (Å²) in [4.78, 5) is 12.4. The minimum atomic E-state index is -0.173. The third-order valence-electron chi connectivity index (χ3n) is 3.37. The van der Waals surface area contributed by atoms with Crippen LogP contribution in [0.3, 0.4) is 0 Å². The van der Waals surface area contributed by atoms with Gasteiger partial charge in [-0.2, -0.15) is 5.26 Å². The van der Waals surface area contributed by atoms with Crippen LogP contribution in [-0.2, 0) is 0 Å². The van der Waals surface area contributed by atoms with Crippen LogP contribution in [0, 0.1) is 25.2 Å². The molecule has 0 saturated heterocycles. The van der Waals surface area contributed by atoms with Crippen LogP contribution in [0.1, 0.15) is 27.0 Å². The van der Waals surface area contributed by atoms with Crippen LogP contribution in [-0.4, -0.2) is 13.0 Å². The van der Waals surface area contributed by atoms with E-state index in [0.717, 1.165) is 16.8 Å². The summed E-state index contributed by atoms with van der Waals surface area (Å²) < 4.78 is 0. The smallest absolute Gasteiger partial charge is 0.255 e. The zero-order valence-electron chi connectivity index (χ0n) is 12.3. The SMILES string of the molecule is CNc1ccc(C(=O)Nc2cc(C#N)ccc2C)c(C)c1. The molecule has 4 heteroatoms. The summed E-state index contributed by atoms with van der Waals surface area (Å²) in [7, 11) is 1.84. The minimum Gasteiger partial charge on any atom is -0.388 e. The van der Waals surface area contributed by atoms with E-state index in [2.05, 4.69) is 16.7 Å². The first-order valence-corrected chi connectivity index (χ1v) is 6.65. The predicted molar refractivity (Wildman–Crippen MR) is 84.6 cm³/mol. The van der Waals surface area contributed by atoms with Crippen molar-refractivity contribution in [3.63, 3.8) is 0 Å². The molecule has 2 aromatic rings.